The predicted molar refractivity (Wildman–Crippen MR) is 67.9 cm³/mol. The Labute approximate surface area is 104 Å². The van der Waals surface area contributed by atoms with E-state index in [1.807, 2.05) is 18.6 Å². The summed E-state index contributed by atoms with van der Waals surface area (Å²) >= 11 is 7.48. The molecule has 2 rings (SSSR count). The maximum absolute atomic E-state index is 5.85. The molecule has 2 aromatic heterocycles. The summed E-state index contributed by atoms with van der Waals surface area (Å²) in [7, 11) is 0. The topological polar surface area (TPSA) is 29.9 Å². The number of rotatable bonds is 6. The van der Waals surface area contributed by atoms with Crippen LogP contribution in [0, 0.1) is 0 Å². The molecule has 2 heterocycles. The highest BCUT2D eigenvalue weighted by Gasteiger charge is 1.97. The summed E-state index contributed by atoms with van der Waals surface area (Å²) in [5, 5.41) is 3.40. The number of thiophene rings is 1. The van der Waals surface area contributed by atoms with Crippen molar-refractivity contribution >= 4 is 22.9 Å². The van der Waals surface area contributed by atoms with Crippen molar-refractivity contribution in [3.63, 3.8) is 0 Å². The summed E-state index contributed by atoms with van der Waals surface area (Å²) in [4.78, 5) is 5.29. The van der Waals surface area contributed by atoms with Gasteiger partial charge in [-0.1, -0.05) is 11.6 Å². The smallest absolute Gasteiger partial charge is 0.0945 e. The minimum Gasteiger partial charge on any atom is -0.337 e. The van der Waals surface area contributed by atoms with Crippen LogP contribution in [0.3, 0.4) is 0 Å². The van der Waals surface area contributed by atoms with E-state index in [2.05, 4.69) is 20.9 Å². The molecule has 0 aliphatic rings. The number of halogens is 1. The van der Waals surface area contributed by atoms with Crippen LogP contribution in [0.25, 0.3) is 0 Å². The van der Waals surface area contributed by atoms with Crippen LogP contribution in [-0.2, 0) is 13.1 Å². The number of nitrogens with one attached hydrogen (secondary N) is 1. The van der Waals surface area contributed by atoms with E-state index in [0.717, 1.165) is 30.4 Å². The van der Waals surface area contributed by atoms with Crippen LogP contribution >= 0.6 is 22.9 Å². The molecule has 1 N–H and O–H groups in total. The standard InChI is InChI=1S/C11H14ClN3S/c12-11-3-2-10(16-11)8-13-4-1-6-15-7-5-14-9-15/h2-3,5,7,9,13H,1,4,6,8H2. The fraction of sp³-hybridized carbons (Fsp3) is 0.364. The molecule has 0 unspecified atom stereocenters. The van der Waals surface area contributed by atoms with Crippen LogP contribution in [0.4, 0.5) is 0 Å². The van der Waals surface area contributed by atoms with Gasteiger partial charge in [0.05, 0.1) is 10.7 Å². The molecule has 0 aliphatic heterocycles. The summed E-state index contributed by atoms with van der Waals surface area (Å²) in [6.07, 6.45) is 6.74. The molecular weight excluding hydrogens is 242 g/mol. The number of imidazole rings is 1. The van der Waals surface area contributed by atoms with Gasteiger partial charge in [0.25, 0.3) is 0 Å². The van der Waals surface area contributed by atoms with Crippen LogP contribution in [0.2, 0.25) is 4.34 Å². The molecule has 3 nitrogen and oxygen atoms in total. The van der Waals surface area contributed by atoms with Gasteiger partial charge >= 0.3 is 0 Å². The van der Waals surface area contributed by atoms with Crippen molar-refractivity contribution in [2.45, 2.75) is 19.5 Å². The molecule has 0 bridgehead atoms. The second-order valence-electron chi connectivity index (χ2n) is 3.54. The van der Waals surface area contributed by atoms with Crippen molar-refractivity contribution in [2.24, 2.45) is 0 Å². The average Bonchev–Trinajstić information content (AvgIpc) is 2.89. The number of nitrogens with zero attached hydrogens (tertiary/aromatic N) is 2. The normalized spacial score (nSPS) is 10.8. The summed E-state index contributed by atoms with van der Waals surface area (Å²) in [6, 6.07) is 4.00. The number of hydrogen-bond acceptors (Lipinski definition) is 3. The van der Waals surface area contributed by atoms with E-state index in [9.17, 15) is 0 Å². The lowest BCUT2D eigenvalue weighted by Gasteiger charge is -2.03. The van der Waals surface area contributed by atoms with Gasteiger partial charge in [0.15, 0.2) is 0 Å². The Kier molecular flexibility index (Phi) is 4.39. The SMILES string of the molecule is Clc1ccc(CNCCCn2ccnc2)s1. The number of hydrogen-bond donors (Lipinski definition) is 1. The summed E-state index contributed by atoms with van der Waals surface area (Å²) in [5.74, 6) is 0. The van der Waals surface area contributed by atoms with Crippen LogP contribution < -0.4 is 5.32 Å². The Balaban J connectivity index is 1.59. The Bertz CT molecular complexity index is 411. The third-order valence-electron chi connectivity index (χ3n) is 2.26. The Morgan fingerprint density at radius 3 is 3.06 bits per heavy atom. The van der Waals surface area contributed by atoms with Crippen molar-refractivity contribution in [3.05, 3.63) is 40.1 Å². The minimum absolute atomic E-state index is 0.857. The van der Waals surface area contributed by atoms with Gasteiger partial charge in [0.1, 0.15) is 0 Å². The second-order valence-corrected chi connectivity index (χ2v) is 5.34. The van der Waals surface area contributed by atoms with Crippen LogP contribution in [0.1, 0.15) is 11.3 Å². The fourth-order valence-corrected chi connectivity index (χ4v) is 2.52. The lowest BCUT2D eigenvalue weighted by Crippen LogP contribution is -2.15. The van der Waals surface area contributed by atoms with Gasteiger partial charge < -0.3 is 9.88 Å². The molecule has 0 saturated heterocycles. The third-order valence-corrected chi connectivity index (χ3v) is 3.49. The van der Waals surface area contributed by atoms with Gasteiger partial charge in [-0.2, -0.15) is 0 Å². The summed E-state index contributed by atoms with van der Waals surface area (Å²) in [5.41, 5.74) is 0. The lowest BCUT2D eigenvalue weighted by atomic mass is 10.4. The molecule has 5 heteroatoms. The first-order valence-corrected chi connectivity index (χ1v) is 6.45. The molecule has 0 aliphatic carbocycles. The highest BCUT2D eigenvalue weighted by atomic mass is 35.5. The molecule has 0 atom stereocenters. The largest absolute Gasteiger partial charge is 0.337 e. The van der Waals surface area contributed by atoms with E-state index in [1.54, 1.807) is 17.5 Å². The molecular formula is C11H14ClN3S. The van der Waals surface area contributed by atoms with Gasteiger partial charge in [-0.25, -0.2) is 4.98 Å². The van der Waals surface area contributed by atoms with E-state index in [4.69, 9.17) is 11.6 Å². The van der Waals surface area contributed by atoms with Crippen molar-refractivity contribution in [2.75, 3.05) is 6.54 Å². The molecule has 86 valence electrons. The molecule has 16 heavy (non-hydrogen) atoms. The van der Waals surface area contributed by atoms with E-state index in [1.165, 1.54) is 4.88 Å². The maximum atomic E-state index is 5.85. The molecule has 0 amide bonds. The molecule has 0 fully saturated rings. The predicted octanol–water partition coefficient (Wildman–Crippen LogP) is 2.78. The van der Waals surface area contributed by atoms with Gasteiger partial charge in [0.2, 0.25) is 0 Å². The van der Waals surface area contributed by atoms with Gasteiger partial charge in [0, 0.05) is 30.4 Å². The summed E-state index contributed by atoms with van der Waals surface area (Å²) < 4.78 is 2.94. The fourth-order valence-electron chi connectivity index (χ4n) is 1.46. The molecule has 0 spiro atoms. The molecule has 0 saturated carbocycles. The van der Waals surface area contributed by atoms with Crippen molar-refractivity contribution in [3.8, 4) is 0 Å². The monoisotopic (exact) mass is 255 g/mol. The Hall–Kier alpha value is -0.840. The first kappa shape index (κ1) is 11.6. The zero-order valence-corrected chi connectivity index (χ0v) is 10.5. The average molecular weight is 256 g/mol. The zero-order valence-electron chi connectivity index (χ0n) is 8.90. The summed E-state index contributed by atoms with van der Waals surface area (Å²) in [6.45, 7) is 2.92. The highest BCUT2D eigenvalue weighted by Crippen LogP contribution is 2.20. The molecule has 0 radical (unpaired) electrons. The van der Waals surface area contributed by atoms with Gasteiger partial charge in [-0.15, -0.1) is 11.3 Å². The number of aromatic nitrogens is 2. The van der Waals surface area contributed by atoms with E-state index >= 15 is 0 Å². The van der Waals surface area contributed by atoms with Crippen LogP contribution in [-0.4, -0.2) is 16.1 Å². The second kappa shape index (κ2) is 6.03. The quantitative estimate of drug-likeness (QED) is 0.805. The van der Waals surface area contributed by atoms with Crippen LogP contribution in [0.5, 0.6) is 0 Å². The van der Waals surface area contributed by atoms with Gasteiger partial charge in [-0.05, 0) is 25.1 Å². The lowest BCUT2D eigenvalue weighted by molar-refractivity contribution is 0.583. The first-order valence-electron chi connectivity index (χ1n) is 5.25. The highest BCUT2D eigenvalue weighted by molar-refractivity contribution is 7.16. The number of aryl methyl sites for hydroxylation is 1. The minimum atomic E-state index is 0.857. The van der Waals surface area contributed by atoms with Crippen molar-refractivity contribution < 1.29 is 0 Å². The van der Waals surface area contributed by atoms with Crippen LogP contribution in [0.15, 0.2) is 30.9 Å². The first-order chi connectivity index (χ1) is 7.84. The molecule has 2 aromatic rings. The maximum Gasteiger partial charge on any atom is 0.0945 e. The van der Waals surface area contributed by atoms with Gasteiger partial charge in [-0.3, -0.25) is 0 Å². The Morgan fingerprint density at radius 2 is 2.38 bits per heavy atom. The zero-order chi connectivity index (χ0) is 11.2. The van der Waals surface area contributed by atoms with E-state index in [0.29, 0.717) is 0 Å². The van der Waals surface area contributed by atoms with Crippen molar-refractivity contribution in [1.82, 2.24) is 14.9 Å². The van der Waals surface area contributed by atoms with E-state index in [-0.39, 0.29) is 0 Å². The molecule has 0 aromatic carbocycles. The Morgan fingerprint density at radius 1 is 1.44 bits per heavy atom. The van der Waals surface area contributed by atoms with Crippen molar-refractivity contribution in [1.29, 1.82) is 0 Å². The third kappa shape index (κ3) is 3.63. The van der Waals surface area contributed by atoms with E-state index < -0.39 is 0 Å².